The van der Waals surface area contributed by atoms with Crippen molar-refractivity contribution in [2.45, 2.75) is 19.6 Å². The summed E-state index contributed by atoms with van der Waals surface area (Å²) in [4.78, 5) is 4.18. The Balaban J connectivity index is 2.63. The van der Waals surface area contributed by atoms with Crippen LogP contribution in [-0.4, -0.2) is 38.0 Å². The molecule has 7 heteroatoms. The van der Waals surface area contributed by atoms with Crippen molar-refractivity contribution < 1.29 is 22.6 Å². The lowest BCUT2D eigenvalue weighted by molar-refractivity contribution is -0.153. The molecule has 0 fully saturated rings. The Morgan fingerprint density at radius 3 is 2.68 bits per heavy atom. The molecule has 1 aromatic heterocycles. The van der Waals surface area contributed by atoms with Gasteiger partial charge < -0.3 is 14.8 Å². The number of alkyl halides is 3. The van der Waals surface area contributed by atoms with Crippen molar-refractivity contribution in [2.24, 2.45) is 0 Å². The van der Waals surface area contributed by atoms with Gasteiger partial charge >= 0.3 is 6.18 Å². The number of hydrogen-bond donors (Lipinski definition) is 1. The molecule has 108 valence electrons. The van der Waals surface area contributed by atoms with Gasteiger partial charge in [-0.1, -0.05) is 0 Å². The lowest BCUT2D eigenvalue weighted by Gasteiger charge is -2.13. The topological polar surface area (TPSA) is 43.4 Å². The van der Waals surface area contributed by atoms with E-state index in [1.165, 1.54) is 6.07 Å². The van der Waals surface area contributed by atoms with Gasteiger partial charge in [0.1, 0.15) is 5.75 Å². The molecule has 0 aliphatic carbocycles. The van der Waals surface area contributed by atoms with E-state index in [1.54, 1.807) is 20.1 Å². The van der Waals surface area contributed by atoms with Crippen LogP contribution in [0.15, 0.2) is 12.1 Å². The molecular weight excluding hydrogens is 261 g/mol. The van der Waals surface area contributed by atoms with Crippen LogP contribution in [0.4, 0.5) is 13.2 Å². The maximum absolute atomic E-state index is 12.1. The molecule has 19 heavy (non-hydrogen) atoms. The van der Waals surface area contributed by atoms with Gasteiger partial charge in [-0.15, -0.1) is 0 Å². The van der Waals surface area contributed by atoms with Crippen molar-refractivity contribution in [1.29, 1.82) is 0 Å². The molecule has 1 N–H and O–H groups in total. The lowest BCUT2D eigenvalue weighted by Crippen LogP contribution is -2.22. The zero-order valence-corrected chi connectivity index (χ0v) is 10.9. The fourth-order valence-electron chi connectivity index (χ4n) is 1.40. The predicted octanol–water partition coefficient (Wildman–Crippen LogP) is 2.07. The average Bonchev–Trinajstić information content (AvgIpc) is 2.32. The van der Waals surface area contributed by atoms with Crippen LogP contribution < -0.4 is 10.1 Å². The molecular formula is C12H17F3N2O2. The van der Waals surface area contributed by atoms with Gasteiger partial charge in [0.05, 0.1) is 12.3 Å². The number of ether oxygens (including phenoxy) is 2. The highest BCUT2D eigenvalue weighted by atomic mass is 19.4. The van der Waals surface area contributed by atoms with Gasteiger partial charge in [0.25, 0.3) is 0 Å². The molecule has 0 aliphatic rings. The quantitative estimate of drug-likeness (QED) is 0.775. The molecule has 0 spiro atoms. The molecule has 0 aromatic carbocycles. The number of nitrogens with one attached hydrogen (secondary N) is 1. The zero-order chi connectivity index (χ0) is 14.3. The van der Waals surface area contributed by atoms with Crippen LogP contribution in [0.2, 0.25) is 0 Å². The number of halogens is 3. The van der Waals surface area contributed by atoms with E-state index in [4.69, 9.17) is 9.47 Å². The van der Waals surface area contributed by atoms with Gasteiger partial charge in [-0.2, -0.15) is 13.2 Å². The summed E-state index contributed by atoms with van der Waals surface area (Å²) >= 11 is 0. The first-order chi connectivity index (χ1) is 8.92. The number of aryl methyl sites for hydroxylation is 1. The second kappa shape index (κ2) is 7.30. The van der Waals surface area contributed by atoms with E-state index in [-0.39, 0.29) is 5.75 Å². The Hall–Kier alpha value is -1.34. The summed E-state index contributed by atoms with van der Waals surface area (Å²) in [5.74, 6) is 0.146. The molecule has 0 aliphatic heterocycles. The van der Waals surface area contributed by atoms with Crippen LogP contribution in [-0.2, 0) is 11.3 Å². The first-order valence-corrected chi connectivity index (χ1v) is 5.78. The minimum atomic E-state index is -4.36. The van der Waals surface area contributed by atoms with E-state index in [0.717, 1.165) is 5.69 Å². The van der Waals surface area contributed by atoms with Gasteiger partial charge in [0, 0.05) is 25.9 Å². The van der Waals surface area contributed by atoms with Gasteiger partial charge in [-0.3, -0.25) is 4.98 Å². The Morgan fingerprint density at radius 1 is 1.32 bits per heavy atom. The predicted molar refractivity (Wildman–Crippen MR) is 64.1 cm³/mol. The standard InChI is InChI=1S/C12H17F3N2O2/c1-9-3-4-11(19-8-12(13,14)15)10(17-9)7-16-5-6-18-2/h3-4,16H,5-8H2,1-2H3. The largest absolute Gasteiger partial charge is 0.482 e. The van der Waals surface area contributed by atoms with Crippen molar-refractivity contribution in [2.75, 3.05) is 26.9 Å². The van der Waals surface area contributed by atoms with Gasteiger partial charge in [0.15, 0.2) is 6.61 Å². The Bertz CT molecular complexity index is 397. The fourth-order valence-corrected chi connectivity index (χ4v) is 1.40. The molecule has 0 unspecified atom stereocenters. The van der Waals surface area contributed by atoms with Crippen molar-refractivity contribution in [3.63, 3.8) is 0 Å². The third-order valence-corrected chi connectivity index (χ3v) is 2.24. The highest BCUT2D eigenvalue weighted by Crippen LogP contribution is 2.21. The number of aromatic nitrogens is 1. The van der Waals surface area contributed by atoms with E-state index >= 15 is 0 Å². The molecule has 4 nitrogen and oxygen atoms in total. The Labute approximate surface area is 109 Å². The number of methoxy groups -OCH3 is 1. The molecule has 1 rings (SSSR count). The summed E-state index contributed by atoms with van der Waals surface area (Å²) in [6.45, 7) is 1.89. The third kappa shape index (κ3) is 6.40. The Morgan fingerprint density at radius 2 is 2.05 bits per heavy atom. The van der Waals surface area contributed by atoms with Crippen LogP contribution in [0.1, 0.15) is 11.4 Å². The van der Waals surface area contributed by atoms with E-state index in [0.29, 0.717) is 25.4 Å². The van der Waals surface area contributed by atoms with Gasteiger partial charge in [-0.25, -0.2) is 0 Å². The summed E-state index contributed by atoms with van der Waals surface area (Å²) in [6.07, 6.45) is -4.36. The van der Waals surface area contributed by atoms with Crippen molar-refractivity contribution in [3.05, 3.63) is 23.5 Å². The second-order valence-electron chi connectivity index (χ2n) is 3.97. The highest BCUT2D eigenvalue weighted by Gasteiger charge is 2.28. The zero-order valence-electron chi connectivity index (χ0n) is 10.9. The minimum Gasteiger partial charge on any atom is -0.482 e. The first kappa shape index (κ1) is 15.7. The van der Waals surface area contributed by atoms with Crippen molar-refractivity contribution in [3.8, 4) is 5.75 Å². The first-order valence-electron chi connectivity index (χ1n) is 5.78. The fraction of sp³-hybridized carbons (Fsp3) is 0.583. The van der Waals surface area contributed by atoms with E-state index < -0.39 is 12.8 Å². The van der Waals surface area contributed by atoms with Gasteiger partial charge in [-0.05, 0) is 19.1 Å². The summed E-state index contributed by atoms with van der Waals surface area (Å²) < 4.78 is 46.0. The highest BCUT2D eigenvalue weighted by molar-refractivity contribution is 5.29. The van der Waals surface area contributed by atoms with Crippen LogP contribution in [0.5, 0.6) is 5.75 Å². The van der Waals surface area contributed by atoms with Crippen LogP contribution in [0, 0.1) is 6.92 Å². The van der Waals surface area contributed by atoms with Crippen LogP contribution in [0.3, 0.4) is 0 Å². The minimum absolute atomic E-state index is 0.146. The SMILES string of the molecule is COCCNCc1nc(C)ccc1OCC(F)(F)F. The van der Waals surface area contributed by atoms with Crippen molar-refractivity contribution >= 4 is 0 Å². The summed E-state index contributed by atoms with van der Waals surface area (Å²) in [7, 11) is 1.57. The van der Waals surface area contributed by atoms with E-state index in [2.05, 4.69) is 10.3 Å². The number of hydrogen-bond acceptors (Lipinski definition) is 4. The van der Waals surface area contributed by atoms with Crippen LogP contribution >= 0.6 is 0 Å². The molecule has 0 bridgehead atoms. The molecule has 0 saturated heterocycles. The maximum Gasteiger partial charge on any atom is 0.422 e. The summed E-state index contributed by atoms with van der Waals surface area (Å²) in [5, 5.41) is 3.02. The molecule has 1 heterocycles. The average molecular weight is 278 g/mol. The summed E-state index contributed by atoms with van der Waals surface area (Å²) in [6, 6.07) is 3.12. The van der Waals surface area contributed by atoms with Crippen molar-refractivity contribution in [1.82, 2.24) is 10.3 Å². The third-order valence-electron chi connectivity index (χ3n) is 2.24. The number of rotatable bonds is 7. The number of nitrogens with zero attached hydrogens (tertiary/aromatic N) is 1. The summed E-state index contributed by atoms with van der Waals surface area (Å²) in [5.41, 5.74) is 1.18. The molecule has 0 saturated carbocycles. The maximum atomic E-state index is 12.1. The van der Waals surface area contributed by atoms with E-state index in [1.807, 2.05) is 0 Å². The van der Waals surface area contributed by atoms with Crippen LogP contribution in [0.25, 0.3) is 0 Å². The van der Waals surface area contributed by atoms with Gasteiger partial charge in [0.2, 0.25) is 0 Å². The van der Waals surface area contributed by atoms with E-state index in [9.17, 15) is 13.2 Å². The smallest absolute Gasteiger partial charge is 0.422 e. The molecule has 0 radical (unpaired) electrons. The normalized spacial score (nSPS) is 11.6. The molecule has 0 amide bonds. The second-order valence-corrected chi connectivity index (χ2v) is 3.97. The molecule has 0 atom stereocenters. The number of pyridine rings is 1. The monoisotopic (exact) mass is 278 g/mol. The molecule has 1 aromatic rings. The Kier molecular flexibility index (Phi) is 6.04. The lowest BCUT2D eigenvalue weighted by atomic mass is 10.3.